The molecule has 1 N–H and O–H groups in total. The molecule has 0 aliphatic heterocycles. The van der Waals surface area contributed by atoms with E-state index < -0.39 is 10.4 Å². The van der Waals surface area contributed by atoms with Crippen molar-refractivity contribution >= 4 is 10.4 Å². The van der Waals surface area contributed by atoms with E-state index >= 15 is 0 Å². The van der Waals surface area contributed by atoms with Crippen molar-refractivity contribution in [1.29, 1.82) is 0 Å². The highest BCUT2D eigenvalue weighted by molar-refractivity contribution is 7.80. The van der Waals surface area contributed by atoms with Crippen molar-refractivity contribution in [3.05, 3.63) is 35.9 Å². The van der Waals surface area contributed by atoms with Gasteiger partial charge in [0.25, 0.3) is 0 Å². The first-order valence-corrected chi connectivity index (χ1v) is 4.60. The Hall–Kier alpha value is -0.910. The Morgan fingerprint density at radius 3 is 2.42 bits per heavy atom. The normalized spacial score (nSPS) is 11.4. The molecule has 68 valence electrons. The van der Waals surface area contributed by atoms with Gasteiger partial charge in [-0.2, -0.15) is 8.42 Å². The molecule has 0 saturated heterocycles. The maximum atomic E-state index is 10.1. The third-order valence-corrected chi connectivity index (χ3v) is 1.63. The molecule has 0 amide bonds. The van der Waals surface area contributed by atoms with Gasteiger partial charge in [0.1, 0.15) is 0 Å². The van der Waals surface area contributed by atoms with E-state index in [0.717, 1.165) is 0 Å². The monoisotopic (exact) mass is 190 g/mol. The van der Waals surface area contributed by atoms with E-state index in [1.54, 1.807) is 30.3 Å². The fraction of sp³-hybridized carbons (Fsp3) is 0.143. The smallest absolute Gasteiger partial charge is 0.264 e. The summed E-state index contributed by atoms with van der Waals surface area (Å²) in [6.07, 6.45) is 0. The molecule has 0 atom stereocenters. The standard InChI is InChI=1S/C7H8O4S.H2/c8-12(9,10)11-6-7-4-2-1-3-5-7;/h1-5H,6H2,(H,8,9,10);1H. The Kier molecular flexibility index (Phi) is 2.80. The lowest BCUT2D eigenvalue weighted by molar-refractivity contribution is 0.259. The zero-order chi connectivity index (χ0) is 9.03. The fourth-order valence-electron chi connectivity index (χ4n) is 0.717. The van der Waals surface area contributed by atoms with Gasteiger partial charge in [0, 0.05) is 1.43 Å². The lowest BCUT2D eigenvalue weighted by Crippen LogP contribution is -2.03. The van der Waals surface area contributed by atoms with Crippen molar-refractivity contribution in [2.75, 3.05) is 0 Å². The van der Waals surface area contributed by atoms with E-state index in [1.807, 2.05) is 0 Å². The second-order valence-electron chi connectivity index (χ2n) is 2.18. The van der Waals surface area contributed by atoms with Gasteiger partial charge in [-0.15, -0.1) is 0 Å². The van der Waals surface area contributed by atoms with Gasteiger partial charge in [0.15, 0.2) is 0 Å². The summed E-state index contributed by atoms with van der Waals surface area (Å²) in [6.45, 7) is -0.139. The average molecular weight is 190 g/mol. The zero-order valence-corrected chi connectivity index (χ0v) is 6.99. The molecule has 0 saturated carbocycles. The van der Waals surface area contributed by atoms with Crippen LogP contribution in [0.3, 0.4) is 0 Å². The van der Waals surface area contributed by atoms with Crippen molar-refractivity contribution < 1.29 is 18.6 Å². The first-order chi connectivity index (χ1) is 5.58. The molecule has 0 unspecified atom stereocenters. The number of hydrogen-bond acceptors (Lipinski definition) is 3. The van der Waals surface area contributed by atoms with Crippen LogP contribution in [0.4, 0.5) is 0 Å². The molecule has 0 heterocycles. The molecule has 0 fully saturated rings. The average Bonchev–Trinajstić information content (AvgIpc) is 2.02. The second-order valence-corrected chi connectivity index (χ2v) is 3.27. The van der Waals surface area contributed by atoms with E-state index in [1.165, 1.54) is 0 Å². The van der Waals surface area contributed by atoms with Gasteiger partial charge in [-0.25, -0.2) is 4.18 Å². The van der Waals surface area contributed by atoms with Crippen LogP contribution in [0.25, 0.3) is 0 Å². The van der Waals surface area contributed by atoms with Gasteiger partial charge in [-0.05, 0) is 5.56 Å². The molecule has 1 aromatic rings. The van der Waals surface area contributed by atoms with Gasteiger partial charge in [0.2, 0.25) is 0 Å². The van der Waals surface area contributed by atoms with Crippen LogP contribution in [0.5, 0.6) is 0 Å². The van der Waals surface area contributed by atoms with Gasteiger partial charge in [-0.3, -0.25) is 4.55 Å². The summed E-state index contributed by atoms with van der Waals surface area (Å²) < 4.78 is 32.6. The Balaban J connectivity index is 0.00000144. The molecule has 1 rings (SSSR count). The van der Waals surface area contributed by atoms with Crippen LogP contribution in [-0.2, 0) is 21.2 Å². The predicted molar refractivity (Wildman–Crippen MR) is 44.9 cm³/mol. The van der Waals surface area contributed by atoms with Crippen LogP contribution in [-0.4, -0.2) is 13.0 Å². The van der Waals surface area contributed by atoms with Crippen LogP contribution in [0.15, 0.2) is 30.3 Å². The predicted octanol–water partition coefficient (Wildman–Crippen LogP) is 1.25. The largest absolute Gasteiger partial charge is 0.397 e. The third-order valence-electron chi connectivity index (χ3n) is 1.22. The van der Waals surface area contributed by atoms with Crippen molar-refractivity contribution in [1.82, 2.24) is 0 Å². The summed E-state index contributed by atoms with van der Waals surface area (Å²) in [4.78, 5) is 0. The van der Waals surface area contributed by atoms with E-state index in [4.69, 9.17) is 4.55 Å². The second kappa shape index (κ2) is 3.66. The quantitative estimate of drug-likeness (QED) is 0.728. The summed E-state index contributed by atoms with van der Waals surface area (Å²) in [5.41, 5.74) is 0.690. The van der Waals surface area contributed by atoms with Gasteiger partial charge >= 0.3 is 10.4 Å². The summed E-state index contributed by atoms with van der Waals surface area (Å²) >= 11 is 0. The van der Waals surface area contributed by atoms with E-state index in [0.29, 0.717) is 5.56 Å². The SMILES string of the molecule is O=S(=O)(O)OCc1ccccc1.[HH]. The van der Waals surface area contributed by atoms with Crippen molar-refractivity contribution in [2.45, 2.75) is 6.61 Å². The van der Waals surface area contributed by atoms with Crippen molar-refractivity contribution in [3.8, 4) is 0 Å². The number of hydrogen-bond donors (Lipinski definition) is 1. The Labute approximate surface area is 72.2 Å². The first kappa shape index (κ1) is 9.18. The van der Waals surface area contributed by atoms with Crippen LogP contribution in [0.2, 0.25) is 0 Å². The molecule has 0 bridgehead atoms. The first-order valence-electron chi connectivity index (χ1n) is 3.24. The maximum absolute atomic E-state index is 10.1. The summed E-state index contributed by atoms with van der Waals surface area (Å²) in [5, 5.41) is 0. The molecule has 0 aromatic heterocycles. The molecule has 0 spiro atoms. The van der Waals surface area contributed by atoms with Crippen LogP contribution >= 0.6 is 0 Å². The highest BCUT2D eigenvalue weighted by Gasteiger charge is 2.03. The van der Waals surface area contributed by atoms with Crippen LogP contribution in [0.1, 0.15) is 6.99 Å². The molecular formula is C7H10O4S. The van der Waals surface area contributed by atoms with Gasteiger partial charge in [0.05, 0.1) is 6.61 Å². The molecule has 0 aliphatic rings. The third kappa shape index (κ3) is 3.47. The van der Waals surface area contributed by atoms with Crippen molar-refractivity contribution in [2.24, 2.45) is 0 Å². The molecule has 0 aliphatic carbocycles. The number of rotatable bonds is 3. The summed E-state index contributed by atoms with van der Waals surface area (Å²) in [5.74, 6) is 0. The van der Waals surface area contributed by atoms with E-state index in [9.17, 15) is 8.42 Å². The molecule has 0 radical (unpaired) electrons. The molecule has 4 nitrogen and oxygen atoms in total. The minimum Gasteiger partial charge on any atom is -0.264 e. The van der Waals surface area contributed by atoms with Crippen LogP contribution in [0, 0.1) is 0 Å². The molecule has 12 heavy (non-hydrogen) atoms. The Morgan fingerprint density at radius 1 is 1.33 bits per heavy atom. The topological polar surface area (TPSA) is 63.6 Å². The Morgan fingerprint density at radius 2 is 1.92 bits per heavy atom. The lowest BCUT2D eigenvalue weighted by atomic mass is 10.2. The van der Waals surface area contributed by atoms with E-state index in [2.05, 4.69) is 4.18 Å². The summed E-state index contributed by atoms with van der Waals surface area (Å²) in [7, 11) is -4.32. The fourth-order valence-corrected chi connectivity index (χ4v) is 1.00. The molecule has 5 heteroatoms. The summed E-state index contributed by atoms with van der Waals surface area (Å²) in [6, 6.07) is 8.71. The maximum Gasteiger partial charge on any atom is 0.397 e. The highest BCUT2D eigenvalue weighted by Crippen LogP contribution is 2.01. The highest BCUT2D eigenvalue weighted by atomic mass is 32.3. The van der Waals surface area contributed by atoms with Gasteiger partial charge in [-0.1, -0.05) is 30.3 Å². The Bertz CT molecular complexity index is 335. The minimum absolute atomic E-state index is 0. The lowest BCUT2D eigenvalue weighted by Gasteiger charge is -1.98. The van der Waals surface area contributed by atoms with Crippen LogP contribution < -0.4 is 0 Å². The van der Waals surface area contributed by atoms with Gasteiger partial charge < -0.3 is 0 Å². The van der Waals surface area contributed by atoms with Crippen molar-refractivity contribution in [3.63, 3.8) is 0 Å². The minimum atomic E-state index is -4.32. The van der Waals surface area contributed by atoms with E-state index in [-0.39, 0.29) is 8.03 Å². The molecular weight excluding hydrogens is 180 g/mol. The molecule has 1 aromatic carbocycles. The zero-order valence-electron chi connectivity index (χ0n) is 6.17. The number of benzene rings is 1.